The van der Waals surface area contributed by atoms with Gasteiger partial charge in [0.1, 0.15) is 0 Å². The fourth-order valence-corrected chi connectivity index (χ4v) is 3.92. The summed E-state index contributed by atoms with van der Waals surface area (Å²) in [5.41, 5.74) is 5.96. The first-order valence-electron chi connectivity index (χ1n) is 9.33. The van der Waals surface area contributed by atoms with Crippen LogP contribution in [0.4, 0.5) is 0 Å². The van der Waals surface area contributed by atoms with Crippen LogP contribution in [0, 0.1) is 11.8 Å². The van der Waals surface area contributed by atoms with E-state index >= 15 is 0 Å². The number of amides is 1. The van der Waals surface area contributed by atoms with Crippen LogP contribution in [-0.2, 0) is 4.79 Å². The summed E-state index contributed by atoms with van der Waals surface area (Å²) < 4.78 is 0. The van der Waals surface area contributed by atoms with E-state index in [0.29, 0.717) is 12.0 Å². The van der Waals surface area contributed by atoms with Gasteiger partial charge in [0.2, 0.25) is 5.91 Å². The molecule has 1 saturated heterocycles. The summed E-state index contributed by atoms with van der Waals surface area (Å²) in [6, 6.07) is -0.0198. The van der Waals surface area contributed by atoms with Crippen LogP contribution in [0.5, 0.6) is 0 Å². The van der Waals surface area contributed by atoms with Crippen molar-refractivity contribution in [3.63, 3.8) is 0 Å². The minimum absolute atomic E-state index is 0.0411. The second-order valence-corrected chi connectivity index (χ2v) is 7.82. The van der Waals surface area contributed by atoms with Crippen LogP contribution in [0.25, 0.3) is 0 Å². The van der Waals surface area contributed by atoms with Gasteiger partial charge in [-0.1, -0.05) is 33.1 Å². The van der Waals surface area contributed by atoms with Crippen LogP contribution < -0.4 is 11.1 Å². The van der Waals surface area contributed by atoms with Gasteiger partial charge in [-0.15, -0.1) is 0 Å². The topological polar surface area (TPSA) is 58.4 Å². The van der Waals surface area contributed by atoms with E-state index in [2.05, 4.69) is 24.1 Å². The first-order valence-corrected chi connectivity index (χ1v) is 9.33. The largest absolute Gasteiger partial charge is 0.352 e. The molecule has 4 heteroatoms. The monoisotopic (exact) mass is 309 g/mol. The molecule has 128 valence electrons. The molecule has 0 unspecified atom stereocenters. The second-order valence-electron chi connectivity index (χ2n) is 7.82. The van der Waals surface area contributed by atoms with Crippen LogP contribution in [0.2, 0.25) is 0 Å². The molecule has 2 fully saturated rings. The zero-order valence-corrected chi connectivity index (χ0v) is 14.5. The quantitative estimate of drug-likeness (QED) is 0.792. The predicted octanol–water partition coefficient (Wildman–Crippen LogP) is 2.52. The van der Waals surface area contributed by atoms with Gasteiger partial charge in [-0.2, -0.15) is 0 Å². The van der Waals surface area contributed by atoms with E-state index in [1.54, 1.807) is 0 Å². The third kappa shape index (κ3) is 5.88. The zero-order chi connectivity index (χ0) is 15.9. The number of carbonyl (C=O) groups is 1. The Kier molecular flexibility index (Phi) is 7.16. The SMILES string of the molecule is CC(C)C[C@H](N)C(=O)NC1CCN(CC2CCCCC2)CC1. The van der Waals surface area contributed by atoms with Gasteiger partial charge < -0.3 is 16.0 Å². The fourth-order valence-electron chi connectivity index (χ4n) is 3.92. The van der Waals surface area contributed by atoms with Crippen molar-refractivity contribution in [2.75, 3.05) is 19.6 Å². The highest BCUT2D eigenvalue weighted by molar-refractivity contribution is 5.81. The molecule has 1 saturated carbocycles. The van der Waals surface area contributed by atoms with Crippen molar-refractivity contribution in [2.24, 2.45) is 17.6 Å². The maximum atomic E-state index is 12.1. The maximum absolute atomic E-state index is 12.1. The summed E-state index contributed by atoms with van der Waals surface area (Å²) in [5.74, 6) is 1.43. The first-order chi connectivity index (χ1) is 10.5. The molecular formula is C18H35N3O. The molecule has 1 atom stereocenters. The van der Waals surface area contributed by atoms with Gasteiger partial charge in [0, 0.05) is 25.7 Å². The number of rotatable bonds is 6. The van der Waals surface area contributed by atoms with Crippen LogP contribution in [0.3, 0.4) is 0 Å². The van der Waals surface area contributed by atoms with Crippen LogP contribution >= 0.6 is 0 Å². The molecule has 0 aromatic heterocycles. The Morgan fingerprint density at radius 1 is 1.14 bits per heavy atom. The zero-order valence-electron chi connectivity index (χ0n) is 14.5. The van der Waals surface area contributed by atoms with Gasteiger partial charge in [0.15, 0.2) is 0 Å². The summed E-state index contributed by atoms with van der Waals surface area (Å²) in [6.07, 6.45) is 10.0. The van der Waals surface area contributed by atoms with Crippen LogP contribution in [0.1, 0.15) is 65.2 Å². The minimum Gasteiger partial charge on any atom is -0.352 e. The Labute approximate surface area is 136 Å². The molecule has 1 amide bonds. The van der Waals surface area contributed by atoms with Gasteiger partial charge in [-0.3, -0.25) is 4.79 Å². The van der Waals surface area contributed by atoms with E-state index in [1.165, 1.54) is 38.6 Å². The Hall–Kier alpha value is -0.610. The Morgan fingerprint density at radius 2 is 1.77 bits per heavy atom. The van der Waals surface area contributed by atoms with Gasteiger partial charge in [0.25, 0.3) is 0 Å². The van der Waals surface area contributed by atoms with Crippen molar-refractivity contribution in [2.45, 2.75) is 77.3 Å². The molecule has 0 aromatic rings. The van der Waals surface area contributed by atoms with Crippen LogP contribution in [0.15, 0.2) is 0 Å². The molecule has 2 aliphatic rings. The van der Waals surface area contributed by atoms with E-state index in [1.807, 2.05) is 0 Å². The number of likely N-dealkylation sites (tertiary alicyclic amines) is 1. The van der Waals surface area contributed by atoms with Crippen LogP contribution in [-0.4, -0.2) is 42.5 Å². The van der Waals surface area contributed by atoms with Gasteiger partial charge in [-0.25, -0.2) is 0 Å². The highest BCUT2D eigenvalue weighted by Gasteiger charge is 2.25. The molecule has 1 heterocycles. The van der Waals surface area contributed by atoms with Crippen molar-refractivity contribution in [1.29, 1.82) is 0 Å². The Balaban J connectivity index is 1.65. The predicted molar refractivity (Wildman–Crippen MR) is 91.6 cm³/mol. The van der Waals surface area contributed by atoms with Crippen molar-refractivity contribution >= 4 is 5.91 Å². The smallest absolute Gasteiger partial charge is 0.237 e. The number of hydrogen-bond acceptors (Lipinski definition) is 3. The number of nitrogens with two attached hydrogens (primary N) is 1. The summed E-state index contributed by atoms with van der Waals surface area (Å²) in [6.45, 7) is 7.74. The third-order valence-corrected chi connectivity index (χ3v) is 5.24. The van der Waals surface area contributed by atoms with Gasteiger partial charge >= 0.3 is 0 Å². The lowest BCUT2D eigenvalue weighted by Crippen LogP contribution is -2.50. The van der Waals surface area contributed by atoms with Gasteiger partial charge in [0.05, 0.1) is 6.04 Å². The molecule has 1 aliphatic carbocycles. The van der Waals surface area contributed by atoms with E-state index in [-0.39, 0.29) is 11.9 Å². The number of carbonyl (C=O) groups excluding carboxylic acids is 1. The number of piperidine rings is 1. The van der Waals surface area contributed by atoms with E-state index in [0.717, 1.165) is 38.3 Å². The summed E-state index contributed by atoms with van der Waals surface area (Å²) in [7, 11) is 0. The average Bonchev–Trinajstić information content (AvgIpc) is 2.49. The van der Waals surface area contributed by atoms with Crippen molar-refractivity contribution < 1.29 is 4.79 Å². The Bertz CT molecular complexity index is 331. The molecular weight excluding hydrogens is 274 g/mol. The number of nitrogens with zero attached hydrogens (tertiary/aromatic N) is 1. The highest BCUT2D eigenvalue weighted by atomic mass is 16.2. The van der Waals surface area contributed by atoms with Gasteiger partial charge in [-0.05, 0) is 43.9 Å². The van der Waals surface area contributed by atoms with E-state index < -0.39 is 0 Å². The molecule has 0 spiro atoms. The number of nitrogens with one attached hydrogen (secondary N) is 1. The minimum atomic E-state index is -0.347. The van der Waals surface area contributed by atoms with E-state index in [9.17, 15) is 4.79 Å². The molecule has 2 rings (SSSR count). The Morgan fingerprint density at radius 3 is 2.36 bits per heavy atom. The maximum Gasteiger partial charge on any atom is 0.237 e. The third-order valence-electron chi connectivity index (χ3n) is 5.24. The number of hydrogen-bond donors (Lipinski definition) is 2. The van der Waals surface area contributed by atoms with Crippen molar-refractivity contribution in [3.8, 4) is 0 Å². The lowest BCUT2D eigenvalue weighted by atomic mass is 9.88. The molecule has 0 bridgehead atoms. The molecule has 3 N–H and O–H groups in total. The average molecular weight is 309 g/mol. The standard InChI is InChI=1S/C18H35N3O/c1-14(2)12-17(19)18(22)20-16-8-10-21(11-9-16)13-15-6-4-3-5-7-15/h14-17H,3-13,19H2,1-2H3,(H,20,22)/t17-/m0/s1. The summed E-state index contributed by atoms with van der Waals surface area (Å²) >= 11 is 0. The molecule has 22 heavy (non-hydrogen) atoms. The van der Waals surface area contributed by atoms with E-state index in [4.69, 9.17) is 5.73 Å². The summed E-state index contributed by atoms with van der Waals surface area (Å²) in [4.78, 5) is 14.7. The van der Waals surface area contributed by atoms with Crippen molar-refractivity contribution in [1.82, 2.24) is 10.2 Å². The molecule has 4 nitrogen and oxygen atoms in total. The molecule has 1 aliphatic heterocycles. The highest BCUT2D eigenvalue weighted by Crippen LogP contribution is 2.25. The van der Waals surface area contributed by atoms with Crippen molar-refractivity contribution in [3.05, 3.63) is 0 Å². The molecule has 0 radical (unpaired) electrons. The summed E-state index contributed by atoms with van der Waals surface area (Å²) in [5, 5.41) is 3.16. The lowest BCUT2D eigenvalue weighted by molar-refractivity contribution is -0.123. The lowest BCUT2D eigenvalue weighted by Gasteiger charge is -2.35. The fraction of sp³-hybridized carbons (Fsp3) is 0.944. The second kappa shape index (κ2) is 8.88. The normalized spacial score (nSPS) is 23.6. The first kappa shape index (κ1) is 17.7. The molecule has 0 aromatic carbocycles.